The number of hydrogen-bond acceptors (Lipinski definition) is 2. The van der Waals surface area contributed by atoms with E-state index in [1.807, 2.05) is 19.9 Å². The monoisotopic (exact) mass is 146 g/mol. The number of aryl methyl sites for hydroxylation is 1. The number of nitriles is 1. The normalized spacial score (nSPS) is 9.18. The maximum atomic E-state index is 8.63. The van der Waals surface area contributed by atoms with Crippen molar-refractivity contribution >= 4 is 5.69 Å². The Hall–Kier alpha value is -1.49. The maximum absolute atomic E-state index is 8.63. The Balaban J connectivity index is 3.40. The molecule has 0 fully saturated rings. The molecule has 0 amide bonds. The van der Waals surface area contributed by atoms with Crippen molar-refractivity contribution in [2.45, 2.75) is 13.8 Å². The van der Waals surface area contributed by atoms with Gasteiger partial charge in [-0.05, 0) is 31.0 Å². The van der Waals surface area contributed by atoms with Gasteiger partial charge in [0.15, 0.2) is 0 Å². The number of hydrogen-bond donors (Lipinski definition) is 1. The lowest BCUT2D eigenvalue weighted by molar-refractivity contribution is 1.35. The third-order valence-electron chi connectivity index (χ3n) is 1.85. The van der Waals surface area contributed by atoms with Crippen LogP contribution in [0.15, 0.2) is 12.1 Å². The molecule has 2 nitrogen and oxygen atoms in total. The van der Waals surface area contributed by atoms with Gasteiger partial charge in [-0.1, -0.05) is 6.07 Å². The predicted octanol–water partition coefficient (Wildman–Crippen LogP) is 1.76. The molecule has 11 heavy (non-hydrogen) atoms. The van der Waals surface area contributed by atoms with Crippen molar-refractivity contribution in [3.63, 3.8) is 0 Å². The highest BCUT2D eigenvalue weighted by molar-refractivity contribution is 5.58. The van der Waals surface area contributed by atoms with Crippen LogP contribution in [0.3, 0.4) is 0 Å². The van der Waals surface area contributed by atoms with Crippen molar-refractivity contribution in [2.75, 3.05) is 5.73 Å². The average molecular weight is 146 g/mol. The minimum absolute atomic E-state index is 0.660. The van der Waals surface area contributed by atoms with Gasteiger partial charge < -0.3 is 5.73 Å². The van der Waals surface area contributed by atoms with Gasteiger partial charge in [0.25, 0.3) is 0 Å². The zero-order chi connectivity index (χ0) is 8.43. The van der Waals surface area contributed by atoms with E-state index < -0.39 is 0 Å². The first-order valence-corrected chi connectivity index (χ1v) is 3.42. The van der Waals surface area contributed by atoms with Crippen LogP contribution in [0.5, 0.6) is 0 Å². The van der Waals surface area contributed by atoms with Crippen LogP contribution in [0.25, 0.3) is 0 Å². The van der Waals surface area contributed by atoms with Gasteiger partial charge in [-0.15, -0.1) is 0 Å². The Kier molecular flexibility index (Phi) is 1.82. The molecule has 1 aromatic rings. The number of rotatable bonds is 0. The van der Waals surface area contributed by atoms with Crippen LogP contribution in [-0.4, -0.2) is 0 Å². The fraction of sp³-hybridized carbons (Fsp3) is 0.222. The summed E-state index contributed by atoms with van der Waals surface area (Å²) in [6.07, 6.45) is 0. The summed E-state index contributed by atoms with van der Waals surface area (Å²) in [6.45, 7) is 3.80. The van der Waals surface area contributed by atoms with Gasteiger partial charge in [-0.2, -0.15) is 5.26 Å². The van der Waals surface area contributed by atoms with Crippen LogP contribution >= 0.6 is 0 Å². The van der Waals surface area contributed by atoms with Gasteiger partial charge in [-0.25, -0.2) is 0 Å². The molecule has 0 aliphatic carbocycles. The molecule has 0 saturated heterocycles. The Morgan fingerprint density at radius 1 is 1.36 bits per heavy atom. The molecule has 2 N–H and O–H groups in total. The zero-order valence-electron chi connectivity index (χ0n) is 6.68. The molecule has 1 rings (SSSR count). The Morgan fingerprint density at radius 2 is 2.00 bits per heavy atom. The van der Waals surface area contributed by atoms with Crippen molar-refractivity contribution in [3.8, 4) is 6.07 Å². The maximum Gasteiger partial charge on any atom is 0.0995 e. The Bertz CT molecular complexity index is 321. The first-order valence-electron chi connectivity index (χ1n) is 3.42. The van der Waals surface area contributed by atoms with E-state index in [2.05, 4.69) is 6.07 Å². The molecule has 0 unspecified atom stereocenters. The summed E-state index contributed by atoms with van der Waals surface area (Å²) in [6, 6.07) is 5.74. The second kappa shape index (κ2) is 2.63. The number of nitrogens with two attached hydrogens (primary N) is 1. The fourth-order valence-electron chi connectivity index (χ4n) is 0.985. The number of nitrogen functional groups attached to an aromatic ring is 1. The van der Waals surface area contributed by atoms with Gasteiger partial charge in [0.2, 0.25) is 0 Å². The molecule has 0 saturated carbocycles. The molecule has 0 aliphatic rings. The van der Waals surface area contributed by atoms with Crippen molar-refractivity contribution in [3.05, 3.63) is 28.8 Å². The summed E-state index contributed by atoms with van der Waals surface area (Å²) in [7, 11) is 0. The molecule has 0 spiro atoms. The Labute approximate surface area is 66.3 Å². The highest BCUT2D eigenvalue weighted by Crippen LogP contribution is 2.18. The van der Waals surface area contributed by atoms with Crippen LogP contribution in [0.2, 0.25) is 0 Å². The minimum atomic E-state index is 0.660. The molecular weight excluding hydrogens is 136 g/mol. The molecule has 0 heterocycles. The van der Waals surface area contributed by atoms with E-state index in [1.54, 1.807) is 6.07 Å². The van der Waals surface area contributed by atoms with Crippen LogP contribution in [0, 0.1) is 25.2 Å². The summed E-state index contributed by atoms with van der Waals surface area (Å²) in [4.78, 5) is 0. The lowest BCUT2D eigenvalue weighted by Gasteiger charge is -2.04. The van der Waals surface area contributed by atoms with Crippen LogP contribution in [0.1, 0.15) is 16.7 Å². The second-order valence-corrected chi connectivity index (χ2v) is 2.58. The number of nitrogens with zero attached hydrogens (tertiary/aromatic N) is 1. The molecule has 0 aromatic heterocycles. The predicted molar refractivity (Wildman–Crippen MR) is 45.0 cm³/mol. The van der Waals surface area contributed by atoms with Gasteiger partial charge >= 0.3 is 0 Å². The molecule has 0 radical (unpaired) electrons. The average Bonchev–Trinajstić information content (AvgIpc) is 2.01. The molecule has 1 aromatic carbocycles. The van der Waals surface area contributed by atoms with E-state index in [0.717, 1.165) is 16.8 Å². The second-order valence-electron chi connectivity index (χ2n) is 2.58. The van der Waals surface area contributed by atoms with Crippen LogP contribution in [-0.2, 0) is 0 Å². The fourth-order valence-corrected chi connectivity index (χ4v) is 0.985. The third-order valence-corrected chi connectivity index (χ3v) is 1.85. The highest BCUT2D eigenvalue weighted by atomic mass is 14.6. The molecule has 0 aliphatic heterocycles. The smallest absolute Gasteiger partial charge is 0.0995 e. The third kappa shape index (κ3) is 1.18. The van der Waals surface area contributed by atoms with Crippen molar-refractivity contribution in [2.24, 2.45) is 0 Å². The van der Waals surface area contributed by atoms with Crippen LogP contribution < -0.4 is 5.73 Å². The standard InChI is InChI=1S/C9H10N2/c1-6-3-4-8(5-10)7(2)9(6)11/h3-4H,11H2,1-2H3. The molecule has 56 valence electrons. The summed E-state index contributed by atoms with van der Waals surface area (Å²) in [5.41, 5.74) is 9.00. The molecule has 2 heteroatoms. The van der Waals surface area contributed by atoms with E-state index in [9.17, 15) is 0 Å². The topological polar surface area (TPSA) is 49.8 Å². The first kappa shape index (κ1) is 7.62. The lowest BCUT2D eigenvalue weighted by atomic mass is 10.0. The largest absolute Gasteiger partial charge is 0.398 e. The first-order chi connectivity index (χ1) is 5.16. The molecular formula is C9H10N2. The van der Waals surface area contributed by atoms with Gasteiger partial charge in [0.05, 0.1) is 11.6 Å². The van der Waals surface area contributed by atoms with Gasteiger partial charge in [0, 0.05) is 5.69 Å². The van der Waals surface area contributed by atoms with E-state index in [4.69, 9.17) is 11.0 Å². The highest BCUT2D eigenvalue weighted by Gasteiger charge is 2.01. The van der Waals surface area contributed by atoms with Crippen molar-refractivity contribution in [1.29, 1.82) is 5.26 Å². The van der Waals surface area contributed by atoms with Crippen LogP contribution in [0.4, 0.5) is 5.69 Å². The Morgan fingerprint density at radius 3 is 2.55 bits per heavy atom. The van der Waals surface area contributed by atoms with Crippen molar-refractivity contribution < 1.29 is 0 Å². The SMILES string of the molecule is Cc1ccc(C#N)c(C)c1N. The van der Waals surface area contributed by atoms with Gasteiger partial charge in [0.1, 0.15) is 0 Å². The summed E-state index contributed by atoms with van der Waals surface area (Å²) < 4.78 is 0. The quantitative estimate of drug-likeness (QED) is 0.567. The van der Waals surface area contributed by atoms with E-state index in [0.29, 0.717) is 5.56 Å². The zero-order valence-corrected chi connectivity index (χ0v) is 6.68. The number of benzene rings is 1. The lowest BCUT2D eigenvalue weighted by Crippen LogP contribution is -1.95. The summed E-state index contributed by atoms with van der Waals surface area (Å²) >= 11 is 0. The summed E-state index contributed by atoms with van der Waals surface area (Å²) in [5.74, 6) is 0. The van der Waals surface area contributed by atoms with E-state index in [-0.39, 0.29) is 0 Å². The summed E-state index contributed by atoms with van der Waals surface area (Å²) in [5, 5.41) is 8.63. The molecule has 0 atom stereocenters. The molecule has 0 bridgehead atoms. The minimum Gasteiger partial charge on any atom is -0.398 e. The van der Waals surface area contributed by atoms with E-state index >= 15 is 0 Å². The van der Waals surface area contributed by atoms with E-state index in [1.165, 1.54) is 0 Å². The van der Waals surface area contributed by atoms with Crippen molar-refractivity contribution in [1.82, 2.24) is 0 Å². The van der Waals surface area contributed by atoms with Gasteiger partial charge in [-0.3, -0.25) is 0 Å². The number of anilines is 1.